The van der Waals surface area contributed by atoms with Crippen LogP contribution in [0.5, 0.6) is 0 Å². The molecule has 1 aromatic carbocycles. The predicted octanol–water partition coefficient (Wildman–Crippen LogP) is 2.73. The molecule has 1 atom stereocenters. The Balaban J connectivity index is 2.08. The number of primary amides is 1. The smallest absolute Gasteiger partial charge is 0.410 e. The number of rotatable bonds is 3. The molecular weight excluding hydrogens is 403 g/mol. The molecule has 0 aliphatic carbocycles. The van der Waals surface area contributed by atoms with E-state index in [1.807, 2.05) is 0 Å². The zero-order valence-corrected chi connectivity index (χ0v) is 17.0. The summed E-state index contributed by atoms with van der Waals surface area (Å²) in [5, 5.41) is 14.1. The first-order valence-corrected chi connectivity index (χ1v) is 9.35. The van der Waals surface area contributed by atoms with Gasteiger partial charge in [-0.05, 0) is 39.0 Å². The zero-order valence-electron chi connectivity index (χ0n) is 16.3. The standard InChI is InChI=1S/C19H22ClFN4O4/c1-19(2,3)29-18(28)24-7-11(9-26)25-14(8-24)15(17(22)27)16(23-25)10-4-5-13(21)12(20)6-10/h4-6,11,26H,7-9H2,1-3H3,(H2,22,27). The van der Waals surface area contributed by atoms with E-state index in [9.17, 15) is 19.1 Å². The molecule has 0 fully saturated rings. The summed E-state index contributed by atoms with van der Waals surface area (Å²) in [7, 11) is 0. The van der Waals surface area contributed by atoms with Gasteiger partial charge in [-0.25, -0.2) is 9.18 Å². The third kappa shape index (κ3) is 4.20. The summed E-state index contributed by atoms with van der Waals surface area (Å²) in [6.45, 7) is 5.07. The highest BCUT2D eigenvalue weighted by atomic mass is 35.5. The van der Waals surface area contributed by atoms with Crippen LogP contribution in [0.2, 0.25) is 5.02 Å². The number of fused-ring (bicyclic) bond motifs is 1. The summed E-state index contributed by atoms with van der Waals surface area (Å²) in [4.78, 5) is 26.2. The number of aromatic nitrogens is 2. The molecule has 0 saturated heterocycles. The highest BCUT2D eigenvalue weighted by Crippen LogP contribution is 2.33. The highest BCUT2D eigenvalue weighted by molar-refractivity contribution is 6.31. The van der Waals surface area contributed by atoms with Crippen molar-refractivity contribution in [3.05, 3.63) is 40.3 Å². The van der Waals surface area contributed by atoms with Crippen molar-refractivity contribution in [3.8, 4) is 11.3 Å². The maximum absolute atomic E-state index is 13.6. The number of carbonyl (C=O) groups excluding carboxylic acids is 2. The lowest BCUT2D eigenvalue weighted by molar-refractivity contribution is 0.0127. The minimum Gasteiger partial charge on any atom is -0.444 e. The maximum atomic E-state index is 13.6. The Morgan fingerprint density at radius 2 is 2.10 bits per heavy atom. The minimum absolute atomic E-state index is 0.0195. The molecule has 8 nitrogen and oxygen atoms in total. The van der Waals surface area contributed by atoms with Crippen molar-refractivity contribution < 1.29 is 23.8 Å². The number of aliphatic hydroxyl groups excluding tert-OH is 1. The number of halogens is 2. The summed E-state index contributed by atoms with van der Waals surface area (Å²) in [6.07, 6.45) is -0.579. The van der Waals surface area contributed by atoms with Crippen LogP contribution in [-0.2, 0) is 11.3 Å². The van der Waals surface area contributed by atoms with E-state index in [2.05, 4.69) is 5.10 Å². The van der Waals surface area contributed by atoms with Gasteiger partial charge in [-0.1, -0.05) is 11.6 Å². The van der Waals surface area contributed by atoms with Crippen LogP contribution in [0.15, 0.2) is 18.2 Å². The van der Waals surface area contributed by atoms with Crippen LogP contribution in [0.4, 0.5) is 9.18 Å². The average Bonchev–Trinajstić information content (AvgIpc) is 3.01. The van der Waals surface area contributed by atoms with Crippen LogP contribution >= 0.6 is 11.6 Å². The molecule has 1 aromatic heterocycles. The van der Waals surface area contributed by atoms with Gasteiger partial charge in [0.1, 0.15) is 17.1 Å². The molecule has 1 aliphatic rings. The number of nitrogens with two attached hydrogens (primary N) is 1. The Labute approximate surface area is 172 Å². The van der Waals surface area contributed by atoms with Gasteiger partial charge in [0.2, 0.25) is 0 Å². The largest absolute Gasteiger partial charge is 0.444 e. The normalized spacial score (nSPS) is 16.5. The van der Waals surface area contributed by atoms with Crippen LogP contribution < -0.4 is 5.73 Å². The van der Waals surface area contributed by atoms with Gasteiger partial charge in [0.05, 0.1) is 35.5 Å². The minimum atomic E-state index is -0.760. The van der Waals surface area contributed by atoms with Crippen LogP contribution in [0.25, 0.3) is 11.3 Å². The van der Waals surface area contributed by atoms with Gasteiger partial charge in [0.15, 0.2) is 0 Å². The van der Waals surface area contributed by atoms with Crippen LogP contribution in [-0.4, -0.2) is 50.5 Å². The van der Waals surface area contributed by atoms with E-state index in [0.717, 1.165) is 6.07 Å². The van der Waals surface area contributed by atoms with Crippen molar-refractivity contribution in [1.82, 2.24) is 14.7 Å². The maximum Gasteiger partial charge on any atom is 0.410 e. The monoisotopic (exact) mass is 424 g/mol. The van der Waals surface area contributed by atoms with Gasteiger partial charge in [0.25, 0.3) is 5.91 Å². The van der Waals surface area contributed by atoms with Crippen molar-refractivity contribution in [3.63, 3.8) is 0 Å². The molecule has 3 rings (SSSR count). The number of ether oxygens (including phenoxy) is 1. The van der Waals surface area contributed by atoms with Crippen molar-refractivity contribution in [2.24, 2.45) is 5.73 Å². The molecule has 1 aliphatic heterocycles. The van der Waals surface area contributed by atoms with Gasteiger partial charge in [0, 0.05) is 12.1 Å². The number of hydrogen-bond donors (Lipinski definition) is 2. The van der Waals surface area contributed by atoms with Gasteiger partial charge in [-0.2, -0.15) is 5.10 Å². The molecule has 1 unspecified atom stereocenters. The molecule has 0 radical (unpaired) electrons. The van der Waals surface area contributed by atoms with E-state index in [4.69, 9.17) is 22.1 Å². The lowest BCUT2D eigenvalue weighted by Gasteiger charge is -2.34. The fourth-order valence-electron chi connectivity index (χ4n) is 3.20. The predicted molar refractivity (Wildman–Crippen MR) is 104 cm³/mol. The second-order valence-corrected chi connectivity index (χ2v) is 8.21. The van der Waals surface area contributed by atoms with Gasteiger partial charge in [-0.3, -0.25) is 9.48 Å². The highest BCUT2D eigenvalue weighted by Gasteiger charge is 2.36. The molecule has 2 aromatic rings. The molecule has 156 valence electrons. The van der Waals surface area contributed by atoms with Crippen LogP contribution in [0.1, 0.15) is 42.9 Å². The summed E-state index contributed by atoms with van der Waals surface area (Å²) in [5.41, 5.74) is 5.95. The van der Waals surface area contributed by atoms with E-state index in [1.54, 1.807) is 20.8 Å². The van der Waals surface area contributed by atoms with Gasteiger partial charge >= 0.3 is 6.09 Å². The Hall–Kier alpha value is -2.65. The van der Waals surface area contributed by atoms with Crippen molar-refractivity contribution in [2.75, 3.05) is 13.2 Å². The second kappa shape index (κ2) is 7.64. The third-order valence-corrected chi connectivity index (χ3v) is 4.72. The van der Waals surface area contributed by atoms with Crippen molar-refractivity contribution in [2.45, 2.75) is 39.0 Å². The molecule has 0 saturated carbocycles. The summed E-state index contributed by atoms with van der Waals surface area (Å²) in [5.74, 6) is -1.37. The molecule has 29 heavy (non-hydrogen) atoms. The Morgan fingerprint density at radius 1 is 1.41 bits per heavy atom. The molecule has 0 bridgehead atoms. The number of hydrogen-bond acceptors (Lipinski definition) is 5. The number of nitrogens with zero attached hydrogens (tertiary/aromatic N) is 3. The lowest BCUT2D eigenvalue weighted by atomic mass is 10.0. The first kappa shape index (κ1) is 21.1. The van der Waals surface area contributed by atoms with E-state index >= 15 is 0 Å². The Morgan fingerprint density at radius 3 is 2.66 bits per heavy atom. The van der Waals surface area contributed by atoms with Crippen LogP contribution in [0, 0.1) is 5.82 Å². The van der Waals surface area contributed by atoms with Crippen molar-refractivity contribution in [1.29, 1.82) is 0 Å². The fourth-order valence-corrected chi connectivity index (χ4v) is 3.39. The number of aliphatic hydroxyl groups is 1. The van der Waals surface area contributed by atoms with E-state index in [1.165, 1.54) is 21.7 Å². The topological polar surface area (TPSA) is 111 Å². The van der Waals surface area contributed by atoms with Gasteiger partial charge < -0.3 is 20.5 Å². The van der Waals surface area contributed by atoms with Crippen LogP contribution in [0.3, 0.4) is 0 Å². The zero-order chi connectivity index (χ0) is 21.5. The van der Waals surface area contributed by atoms with Crippen molar-refractivity contribution >= 4 is 23.6 Å². The first-order chi connectivity index (χ1) is 13.5. The quantitative estimate of drug-likeness (QED) is 0.787. The van der Waals surface area contributed by atoms with Gasteiger partial charge in [-0.15, -0.1) is 0 Å². The van der Waals surface area contributed by atoms with E-state index in [-0.39, 0.29) is 36.0 Å². The summed E-state index contributed by atoms with van der Waals surface area (Å²) in [6, 6.07) is 3.34. The lowest BCUT2D eigenvalue weighted by Crippen LogP contribution is -2.45. The Kier molecular flexibility index (Phi) is 5.55. The number of carbonyl (C=O) groups is 2. The number of amides is 2. The third-order valence-electron chi connectivity index (χ3n) is 4.43. The molecule has 3 N–H and O–H groups in total. The number of benzene rings is 1. The molecule has 0 spiro atoms. The molecule has 2 heterocycles. The second-order valence-electron chi connectivity index (χ2n) is 7.81. The van der Waals surface area contributed by atoms with E-state index in [0.29, 0.717) is 11.3 Å². The summed E-state index contributed by atoms with van der Waals surface area (Å²) < 4.78 is 20.4. The SMILES string of the molecule is CC(C)(C)OC(=O)N1Cc2c(C(N)=O)c(-c3ccc(F)c(Cl)c3)nn2C(CO)C1. The fraction of sp³-hybridized carbons (Fsp3) is 0.421. The molecule has 2 amide bonds. The summed E-state index contributed by atoms with van der Waals surface area (Å²) >= 11 is 5.87. The van der Waals surface area contributed by atoms with E-state index < -0.39 is 29.5 Å². The molecular formula is C19H22ClFN4O4. The average molecular weight is 425 g/mol. The first-order valence-electron chi connectivity index (χ1n) is 8.97. The Bertz CT molecular complexity index is 970. The molecule has 10 heteroatoms.